The van der Waals surface area contributed by atoms with E-state index in [-0.39, 0.29) is 11.8 Å². The van der Waals surface area contributed by atoms with E-state index in [0.29, 0.717) is 17.1 Å². The smallest absolute Gasteiger partial charge is 0.167 e. The molecule has 100 valence electrons. The molecule has 0 fully saturated rings. The van der Waals surface area contributed by atoms with E-state index in [2.05, 4.69) is 0 Å². The minimum Gasteiger partial charge on any atom is -0.497 e. The summed E-state index contributed by atoms with van der Waals surface area (Å²) in [7, 11) is 1.57. The van der Waals surface area contributed by atoms with Crippen molar-refractivity contribution in [2.24, 2.45) is 5.73 Å². The Morgan fingerprint density at radius 3 is 2.47 bits per heavy atom. The van der Waals surface area contributed by atoms with Gasteiger partial charge in [-0.25, -0.2) is 4.39 Å². The fourth-order valence-corrected chi connectivity index (χ4v) is 1.77. The molecule has 0 aromatic heterocycles. The van der Waals surface area contributed by atoms with Gasteiger partial charge in [-0.3, -0.25) is 0 Å². The lowest BCUT2D eigenvalue weighted by Gasteiger charge is -2.14. The van der Waals surface area contributed by atoms with E-state index in [0.717, 1.165) is 0 Å². The fourth-order valence-electron chi connectivity index (χ4n) is 1.77. The SMILES string of the molecule is COc1cccc(Oc2c(F)cccc2C(C)N)c1. The standard InChI is InChI=1S/C15H16FNO2/c1-10(17)13-7-4-8-14(16)15(13)19-12-6-3-5-11(9-12)18-2/h3-10H,17H2,1-2H3. The molecule has 0 radical (unpaired) electrons. The molecule has 0 spiro atoms. The van der Waals surface area contributed by atoms with Crippen LogP contribution in [0.2, 0.25) is 0 Å². The van der Waals surface area contributed by atoms with Crippen molar-refractivity contribution in [1.82, 2.24) is 0 Å². The van der Waals surface area contributed by atoms with E-state index in [4.69, 9.17) is 15.2 Å². The zero-order valence-corrected chi connectivity index (χ0v) is 10.9. The lowest BCUT2D eigenvalue weighted by Crippen LogP contribution is -2.07. The molecular weight excluding hydrogens is 245 g/mol. The second kappa shape index (κ2) is 5.71. The number of nitrogens with two attached hydrogens (primary N) is 1. The van der Waals surface area contributed by atoms with Gasteiger partial charge in [-0.05, 0) is 25.1 Å². The van der Waals surface area contributed by atoms with Gasteiger partial charge in [-0.1, -0.05) is 18.2 Å². The first-order valence-electron chi connectivity index (χ1n) is 5.97. The van der Waals surface area contributed by atoms with Crippen molar-refractivity contribution in [3.63, 3.8) is 0 Å². The van der Waals surface area contributed by atoms with Crippen molar-refractivity contribution in [1.29, 1.82) is 0 Å². The van der Waals surface area contributed by atoms with Gasteiger partial charge < -0.3 is 15.2 Å². The van der Waals surface area contributed by atoms with Gasteiger partial charge in [-0.2, -0.15) is 0 Å². The molecule has 0 aliphatic carbocycles. The Balaban J connectivity index is 2.37. The van der Waals surface area contributed by atoms with Crippen molar-refractivity contribution < 1.29 is 13.9 Å². The van der Waals surface area contributed by atoms with Gasteiger partial charge >= 0.3 is 0 Å². The summed E-state index contributed by atoms with van der Waals surface area (Å²) < 4.78 is 24.6. The number of rotatable bonds is 4. The maximum Gasteiger partial charge on any atom is 0.167 e. The Morgan fingerprint density at radius 2 is 1.79 bits per heavy atom. The van der Waals surface area contributed by atoms with Crippen molar-refractivity contribution in [3.8, 4) is 17.2 Å². The Bertz CT molecular complexity index is 570. The van der Waals surface area contributed by atoms with Crippen LogP contribution in [0.4, 0.5) is 4.39 Å². The average Bonchev–Trinajstić information content (AvgIpc) is 2.41. The summed E-state index contributed by atoms with van der Waals surface area (Å²) in [5.74, 6) is 0.880. The highest BCUT2D eigenvalue weighted by molar-refractivity contribution is 5.42. The van der Waals surface area contributed by atoms with Crippen LogP contribution < -0.4 is 15.2 Å². The number of para-hydroxylation sites is 1. The number of methoxy groups -OCH3 is 1. The Labute approximate surface area is 111 Å². The summed E-state index contributed by atoms with van der Waals surface area (Å²) in [6, 6.07) is 11.4. The molecule has 0 heterocycles. The molecule has 1 atom stereocenters. The highest BCUT2D eigenvalue weighted by Gasteiger charge is 2.14. The Morgan fingerprint density at radius 1 is 1.11 bits per heavy atom. The topological polar surface area (TPSA) is 44.5 Å². The number of ether oxygens (including phenoxy) is 2. The molecule has 0 saturated carbocycles. The van der Waals surface area contributed by atoms with E-state index in [9.17, 15) is 4.39 Å². The first-order valence-corrected chi connectivity index (χ1v) is 5.97. The van der Waals surface area contributed by atoms with Crippen LogP contribution in [-0.4, -0.2) is 7.11 Å². The molecule has 19 heavy (non-hydrogen) atoms. The van der Waals surface area contributed by atoms with Gasteiger partial charge in [0.25, 0.3) is 0 Å². The quantitative estimate of drug-likeness (QED) is 0.913. The molecule has 0 aliphatic heterocycles. The fraction of sp³-hybridized carbons (Fsp3) is 0.200. The number of benzene rings is 2. The van der Waals surface area contributed by atoms with Crippen LogP contribution in [0.3, 0.4) is 0 Å². The third-order valence-electron chi connectivity index (χ3n) is 2.75. The van der Waals surface area contributed by atoms with E-state index in [1.165, 1.54) is 6.07 Å². The van der Waals surface area contributed by atoms with Gasteiger partial charge in [0.1, 0.15) is 11.5 Å². The normalized spacial score (nSPS) is 12.0. The predicted octanol–water partition coefficient (Wildman–Crippen LogP) is 3.65. The highest BCUT2D eigenvalue weighted by Crippen LogP contribution is 2.32. The number of hydrogen-bond donors (Lipinski definition) is 1. The summed E-state index contributed by atoms with van der Waals surface area (Å²) in [5, 5.41) is 0. The summed E-state index contributed by atoms with van der Waals surface area (Å²) in [4.78, 5) is 0. The minimum absolute atomic E-state index is 0.158. The van der Waals surface area contributed by atoms with Gasteiger partial charge in [0, 0.05) is 17.7 Å². The molecule has 2 aromatic rings. The monoisotopic (exact) mass is 261 g/mol. The van der Waals surface area contributed by atoms with Crippen LogP contribution in [0.15, 0.2) is 42.5 Å². The van der Waals surface area contributed by atoms with Gasteiger partial charge in [-0.15, -0.1) is 0 Å². The lowest BCUT2D eigenvalue weighted by molar-refractivity contribution is 0.403. The van der Waals surface area contributed by atoms with Crippen LogP contribution in [0, 0.1) is 5.82 Å². The Hall–Kier alpha value is -2.07. The lowest BCUT2D eigenvalue weighted by atomic mass is 10.1. The van der Waals surface area contributed by atoms with Crippen LogP contribution in [0.5, 0.6) is 17.2 Å². The van der Waals surface area contributed by atoms with Gasteiger partial charge in [0.2, 0.25) is 0 Å². The van der Waals surface area contributed by atoms with E-state index < -0.39 is 5.82 Å². The second-order valence-corrected chi connectivity index (χ2v) is 4.23. The Kier molecular flexibility index (Phi) is 4.02. The summed E-state index contributed by atoms with van der Waals surface area (Å²) in [5.41, 5.74) is 6.45. The molecule has 2 N–H and O–H groups in total. The highest BCUT2D eigenvalue weighted by atomic mass is 19.1. The average molecular weight is 261 g/mol. The summed E-state index contributed by atoms with van der Waals surface area (Å²) in [6.07, 6.45) is 0. The van der Waals surface area contributed by atoms with Crippen LogP contribution in [-0.2, 0) is 0 Å². The van der Waals surface area contributed by atoms with Gasteiger partial charge in [0.05, 0.1) is 7.11 Å². The van der Waals surface area contributed by atoms with Crippen molar-refractivity contribution in [3.05, 3.63) is 53.8 Å². The first kappa shape index (κ1) is 13.4. The zero-order valence-electron chi connectivity index (χ0n) is 10.9. The number of halogens is 1. The molecular formula is C15H16FNO2. The van der Waals surface area contributed by atoms with Crippen LogP contribution >= 0.6 is 0 Å². The number of hydrogen-bond acceptors (Lipinski definition) is 3. The molecule has 0 aliphatic rings. The van der Waals surface area contributed by atoms with E-state index in [1.54, 1.807) is 50.4 Å². The largest absolute Gasteiger partial charge is 0.497 e. The molecule has 3 nitrogen and oxygen atoms in total. The third-order valence-corrected chi connectivity index (χ3v) is 2.75. The first-order chi connectivity index (χ1) is 9.11. The zero-order chi connectivity index (χ0) is 13.8. The molecule has 0 bridgehead atoms. The van der Waals surface area contributed by atoms with E-state index >= 15 is 0 Å². The molecule has 2 aromatic carbocycles. The molecule has 0 saturated heterocycles. The predicted molar refractivity (Wildman–Crippen MR) is 72.1 cm³/mol. The molecule has 0 amide bonds. The second-order valence-electron chi connectivity index (χ2n) is 4.23. The minimum atomic E-state index is -0.433. The third kappa shape index (κ3) is 3.03. The molecule has 1 unspecified atom stereocenters. The van der Waals surface area contributed by atoms with Crippen molar-refractivity contribution in [2.75, 3.05) is 7.11 Å². The molecule has 2 rings (SSSR count). The maximum absolute atomic E-state index is 13.9. The van der Waals surface area contributed by atoms with Crippen molar-refractivity contribution >= 4 is 0 Å². The van der Waals surface area contributed by atoms with E-state index in [1.807, 2.05) is 0 Å². The van der Waals surface area contributed by atoms with Crippen LogP contribution in [0.1, 0.15) is 18.5 Å². The van der Waals surface area contributed by atoms with Crippen LogP contribution in [0.25, 0.3) is 0 Å². The molecule has 4 heteroatoms. The van der Waals surface area contributed by atoms with Crippen molar-refractivity contribution in [2.45, 2.75) is 13.0 Å². The summed E-state index contributed by atoms with van der Waals surface area (Å²) >= 11 is 0. The van der Waals surface area contributed by atoms with Gasteiger partial charge in [0.15, 0.2) is 11.6 Å². The maximum atomic E-state index is 13.9. The summed E-state index contributed by atoms with van der Waals surface area (Å²) in [6.45, 7) is 1.78.